The topological polar surface area (TPSA) is 128 Å². The van der Waals surface area contributed by atoms with Gasteiger partial charge in [0.25, 0.3) is 5.22 Å². The Bertz CT molecular complexity index is 1120. The van der Waals surface area contributed by atoms with Gasteiger partial charge in [-0.3, -0.25) is 4.79 Å². The van der Waals surface area contributed by atoms with Gasteiger partial charge in [0.1, 0.15) is 0 Å². The van der Waals surface area contributed by atoms with Crippen LogP contribution in [0.5, 0.6) is 0 Å². The molecule has 0 aliphatic rings. The fourth-order valence-corrected chi connectivity index (χ4v) is 3.63. The molecule has 3 aromatic rings. The Labute approximate surface area is 170 Å². The molecule has 11 heteroatoms. The van der Waals surface area contributed by atoms with Gasteiger partial charge in [0.15, 0.2) is 0 Å². The van der Waals surface area contributed by atoms with Crippen molar-refractivity contribution in [1.82, 2.24) is 10.2 Å². The highest BCUT2D eigenvalue weighted by Gasteiger charge is 2.19. The maximum Gasteiger partial charge on any atom is 0.277 e. The van der Waals surface area contributed by atoms with Gasteiger partial charge in [-0.1, -0.05) is 35.5 Å². The molecule has 8 nitrogen and oxygen atoms in total. The second-order valence-electron chi connectivity index (χ2n) is 5.71. The van der Waals surface area contributed by atoms with Crippen LogP contribution in [0.15, 0.2) is 63.1 Å². The first-order valence-corrected chi connectivity index (χ1v) is 10.7. The molecule has 0 aliphatic carbocycles. The van der Waals surface area contributed by atoms with Crippen LogP contribution in [0.4, 0.5) is 5.69 Å². The minimum absolute atomic E-state index is 0.0892. The van der Waals surface area contributed by atoms with Crippen LogP contribution < -0.4 is 10.5 Å². The van der Waals surface area contributed by atoms with E-state index in [1.807, 2.05) is 0 Å². The monoisotopic (exact) mass is 438 g/mol. The Morgan fingerprint density at radius 3 is 2.68 bits per heavy atom. The van der Waals surface area contributed by atoms with Gasteiger partial charge in [0.2, 0.25) is 21.8 Å². The van der Waals surface area contributed by atoms with Crippen LogP contribution >= 0.6 is 23.4 Å². The minimum atomic E-state index is -3.86. The van der Waals surface area contributed by atoms with Crippen LogP contribution in [0.2, 0.25) is 5.02 Å². The molecule has 1 aromatic heterocycles. The molecule has 0 bridgehead atoms. The number of halogens is 1. The summed E-state index contributed by atoms with van der Waals surface area (Å²) in [6, 6.07) is 12.7. The molecule has 1 unspecified atom stereocenters. The van der Waals surface area contributed by atoms with E-state index in [9.17, 15) is 13.2 Å². The number of amides is 1. The Balaban J connectivity index is 1.67. The maximum absolute atomic E-state index is 12.4. The number of nitrogens with one attached hydrogen (secondary N) is 1. The zero-order valence-electron chi connectivity index (χ0n) is 14.5. The number of aromatic nitrogens is 2. The molecule has 2 aromatic carbocycles. The molecule has 1 amide bonds. The van der Waals surface area contributed by atoms with Gasteiger partial charge in [-0.05, 0) is 43.3 Å². The molecule has 0 radical (unpaired) electrons. The fraction of sp³-hybridized carbons (Fsp3) is 0.118. The van der Waals surface area contributed by atoms with Crippen molar-refractivity contribution in [2.24, 2.45) is 5.14 Å². The number of carbonyl (C=O) groups excluding carboxylic acids is 1. The van der Waals surface area contributed by atoms with E-state index < -0.39 is 15.3 Å². The van der Waals surface area contributed by atoms with Gasteiger partial charge in [-0.2, -0.15) is 0 Å². The third-order valence-corrected chi connectivity index (χ3v) is 5.64. The lowest BCUT2D eigenvalue weighted by Gasteiger charge is -2.10. The van der Waals surface area contributed by atoms with Crippen molar-refractivity contribution in [1.29, 1.82) is 0 Å². The molecular formula is C17H15ClN4O4S2. The molecule has 3 rings (SSSR count). The van der Waals surface area contributed by atoms with Crippen LogP contribution in [-0.4, -0.2) is 29.8 Å². The summed E-state index contributed by atoms with van der Waals surface area (Å²) >= 11 is 7.02. The van der Waals surface area contributed by atoms with Gasteiger partial charge in [0, 0.05) is 16.3 Å². The Hall–Kier alpha value is -2.40. The van der Waals surface area contributed by atoms with Gasteiger partial charge in [-0.25, -0.2) is 13.6 Å². The van der Waals surface area contributed by atoms with Gasteiger partial charge in [0.05, 0.1) is 10.1 Å². The third kappa shape index (κ3) is 5.10. The van der Waals surface area contributed by atoms with E-state index in [2.05, 4.69) is 15.5 Å². The molecule has 28 heavy (non-hydrogen) atoms. The van der Waals surface area contributed by atoms with Crippen molar-refractivity contribution in [3.05, 3.63) is 53.6 Å². The van der Waals surface area contributed by atoms with E-state index in [0.29, 0.717) is 22.2 Å². The van der Waals surface area contributed by atoms with Crippen molar-refractivity contribution in [2.45, 2.75) is 22.3 Å². The highest BCUT2D eigenvalue weighted by Crippen LogP contribution is 2.28. The van der Waals surface area contributed by atoms with Gasteiger partial charge in [-0.15, -0.1) is 10.2 Å². The number of anilines is 1. The number of nitrogens with two attached hydrogens (primary N) is 1. The van der Waals surface area contributed by atoms with Crippen molar-refractivity contribution in [3.63, 3.8) is 0 Å². The number of thioether (sulfide) groups is 1. The number of nitrogens with zero attached hydrogens (tertiary/aromatic N) is 2. The lowest BCUT2D eigenvalue weighted by atomic mass is 10.2. The molecular weight excluding hydrogens is 424 g/mol. The molecule has 146 valence electrons. The van der Waals surface area contributed by atoms with Crippen LogP contribution in [-0.2, 0) is 14.8 Å². The van der Waals surface area contributed by atoms with Crippen molar-refractivity contribution >= 4 is 45.0 Å². The lowest BCUT2D eigenvalue weighted by molar-refractivity contribution is -0.115. The van der Waals surface area contributed by atoms with Crippen LogP contribution in [0, 0.1) is 0 Å². The summed E-state index contributed by atoms with van der Waals surface area (Å²) < 4.78 is 28.4. The van der Waals surface area contributed by atoms with Gasteiger partial charge >= 0.3 is 0 Å². The predicted octanol–water partition coefficient (Wildman–Crippen LogP) is 3.16. The van der Waals surface area contributed by atoms with E-state index in [1.54, 1.807) is 37.3 Å². The van der Waals surface area contributed by atoms with E-state index in [-0.39, 0.29) is 16.0 Å². The zero-order chi connectivity index (χ0) is 20.3. The highest BCUT2D eigenvalue weighted by molar-refractivity contribution is 8.00. The average Bonchev–Trinajstić information content (AvgIpc) is 3.10. The largest absolute Gasteiger partial charge is 0.411 e. The molecule has 1 heterocycles. The normalized spacial score (nSPS) is 12.5. The standard InChI is InChI=1S/C17H15ClN4O4S2/c1-10(15(23)20-13-6-3-7-14(9-13)28(19,24)25)27-17-22-21-16(26-17)11-4-2-5-12(18)8-11/h2-10H,1H3,(H,20,23)(H2,19,24,25). The maximum atomic E-state index is 12.4. The van der Waals surface area contributed by atoms with Crippen molar-refractivity contribution < 1.29 is 17.6 Å². The van der Waals surface area contributed by atoms with Crippen LogP contribution in [0.25, 0.3) is 11.5 Å². The van der Waals surface area contributed by atoms with Crippen molar-refractivity contribution in [2.75, 3.05) is 5.32 Å². The summed E-state index contributed by atoms with van der Waals surface area (Å²) in [5.41, 5.74) is 0.984. The van der Waals surface area contributed by atoms with E-state index >= 15 is 0 Å². The predicted molar refractivity (Wildman–Crippen MR) is 107 cm³/mol. The fourth-order valence-electron chi connectivity index (χ4n) is 2.20. The second kappa shape index (κ2) is 8.31. The summed E-state index contributed by atoms with van der Waals surface area (Å²) in [4.78, 5) is 12.3. The molecule has 3 N–H and O–H groups in total. The molecule has 0 aliphatic heterocycles. The average molecular weight is 439 g/mol. The first-order chi connectivity index (χ1) is 13.2. The Morgan fingerprint density at radius 1 is 1.21 bits per heavy atom. The number of hydrogen-bond donors (Lipinski definition) is 2. The van der Waals surface area contributed by atoms with E-state index in [4.69, 9.17) is 21.2 Å². The van der Waals surface area contributed by atoms with Gasteiger partial charge < -0.3 is 9.73 Å². The van der Waals surface area contributed by atoms with Crippen LogP contribution in [0.3, 0.4) is 0 Å². The SMILES string of the molecule is CC(Sc1nnc(-c2cccc(Cl)c2)o1)C(=O)Nc1cccc(S(N)(=O)=O)c1. The van der Waals surface area contributed by atoms with E-state index in [1.165, 1.54) is 18.2 Å². The molecule has 0 spiro atoms. The molecule has 0 saturated carbocycles. The first kappa shape index (κ1) is 20.3. The number of hydrogen-bond acceptors (Lipinski definition) is 7. The summed E-state index contributed by atoms with van der Waals surface area (Å²) in [7, 11) is -3.86. The number of benzene rings is 2. The molecule has 0 saturated heterocycles. The Morgan fingerprint density at radius 2 is 1.96 bits per heavy atom. The molecule has 0 fully saturated rings. The molecule has 1 atom stereocenters. The number of rotatable bonds is 6. The van der Waals surface area contributed by atoms with Crippen LogP contribution in [0.1, 0.15) is 6.92 Å². The number of carbonyl (C=O) groups is 1. The Kier molecular flexibility index (Phi) is 6.04. The summed E-state index contributed by atoms with van der Waals surface area (Å²) in [6.07, 6.45) is 0. The van der Waals surface area contributed by atoms with E-state index in [0.717, 1.165) is 11.8 Å². The number of primary sulfonamides is 1. The summed E-state index contributed by atoms with van der Waals surface area (Å²) in [5, 5.41) is 15.8. The third-order valence-electron chi connectivity index (χ3n) is 3.55. The number of sulfonamides is 1. The smallest absolute Gasteiger partial charge is 0.277 e. The summed E-state index contributed by atoms with van der Waals surface area (Å²) in [6.45, 7) is 1.66. The highest BCUT2D eigenvalue weighted by atomic mass is 35.5. The summed E-state index contributed by atoms with van der Waals surface area (Å²) in [5.74, 6) is -0.0717. The second-order valence-corrected chi connectivity index (χ2v) is 9.00. The van der Waals surface area contributed by atoms with Crippen molar-refractivity contribution in [3.8, 4) is 11.5 Å². The zero-order valence-corrected chi connectivity index (χ0v) is 16.9. The lowest BCUT2D eigenvalue weighted by Crippen LogP contribution is -2.22. The minimum Gasteiger partial charge on any atom is -0.411 e. The quantitative estimate of drug-likeness (QED) is 0.565. The first-order valence-electron chi connectivity index (χ1n) is 7.92.